The zero-order valence-electron chi connectivity index (χ0n) is 14.3. The van der Waals surface area contributed by atoms with Crippen LogP contribution in [0.4, 0.5) is 0 Å². The Balaban J connectivity index is 1.95. The molecule has 3 heteroatoms. The molecule has 0 atom stereocenters. The molecule has 3 nitrogen and oxygen atoms in total. The number of hydrogen-bond acceptors (Lipinski definition) is 3. The van der Waals surface area contributed by atoms with Gasteiger partial charge in [-0.2, -0.15) is 0 Å². The summed E-state index contributed by atoms with van der Waals surface area (Å²) < 4.78 is 5.22. The predicted molar refractivity (Wildman–Crippen MR) is 94.8 cm³/mol. The van der Waals surface area contributed by atoms with Gasteiger partial charge in [0.25, 0.3) is 0 Å². The number of hydrogen-bond donors (Lipinski definition) is 1. The Kier molecular flexibility index (Phi) is 10.7. The highest BCUT2D eigenvalue weighted by Gasteiger charge is 2.06. The average Bonchev–Trinajstić information content (AvgIpc) is 2.56. The molecule has 0 aliphatic heterocycles. The van der Waals surface area contributed by atoms with E-state index in [1.807, 2.05) is 0 Å². The normalized spacial score (nSPS) is 11.0. The van der Waals surface area contributed by atoms with Crippen LogP contribution in [0.15, 0.2) is 36.4 Å². The molecule has 0 bridgehead atoms. The van der Waals surface area contributed by atoms with Gasteiger partial charge in [-0.15, -0.1) is 0 Å². The van der Waals surface area contributed by atoms with Crippen molar-refractivity contribution in [1.29, 1.82) is 0 Å². The van der Waals surface area contributed by atoms with Gasteiger partial charge in [0.15, 0.2) is 0 Å². The second kappa shape index (κ2) is 12.7. The van der Waals surface area contributed by atoms with Gasteiger partial charge in [0.2, 0.25) is 0 Å². The highest BCUT2D eigenvalue weighted by atomic mass is 16.5. The van der Waals surface area contributed by atoms with Crippen LogP contribution >= 0.6 is 0 Å². The van der Waals surface area contributed by atoms with Crippen LogP contribution in [0.1, 0.15) is 75.1 Å². The van der Waals surface area contributed by atoms with Crippen LogP contribution in [0.25, 0.3) is 0 Å². The van der Waals surface area contributed by atoms with E-state index in [9.17, 15) is 9.90 Å². The molecule has 1 N–H and O–H groups in total. The van der Waals surface area contributed by atoms with Crippen molar-refractivity contribution in [2.24, 2.45) is 0 Å². The molecule has 0 radical (unpaired) electrons. The maximum absolute atomic E-state index is 11.7. The van der Waals surface area contributed by atoms with Crippen molar-refractivity contribution in [1.82, 2.24) is 0 Å². The Hall–Kier alpha value is -1.77. The quantitative estimate of drug-likeness (QED) is 0.308. The summed E-state index contributed by atoms with van der Waals surface area (Å²) >= 11 is 0. The molecular weight excluding hydrogens is 288 g/mol. The van der Waals surface area contributed by atoms with E-state index in [1.54, 1.807) is 12.1 Å². The fourth-order valence-corrected chi connectivity index (χ4v) is 2.31. The molecule has 0 heterocycles. The molecule has 0 saturated carbocycles. The lowest BCUT2D eigenvalue weighted by atomic mass is 10.1. The highest BCUT2D eigenvalue weighted by molar-refractivity contribution is 5.89. The number of allylic oxidation sites excluding steroid dienone is 2. The Labute approximate surface area is 140 Å². The number of carbonyl (C=O) groups is 1. The maximum atomic E-state index is 11.7. The standard InChI is InChI=1S/C20H30O3/c1-2-3-4-5-6-7-8-9-10-11-12-17-23-20(22)18-13-15-19(21)16-14-18/h6-7,13-16,21H,2-5,8-12,17H2,1H3/b7-6+. The Morgan fingerprint density at radius 2 is 1.57 bits per heavy atom. The molecule has 1 rings (SSSR count). The minimum absolute atomic E-state index is 0.154. The van der Waals surface area contributed by atoms with Crippen LogP contribution in [-0.2, 0) is 4.74 Å². The second-order valence-corrected chi connectivity index (χ2v) is 5.85. The number of unbranched alkanes of at least 4 members (excludes halogenated alkanes) is 7. The van der Waals surface area contributed by atoms with E-state index < -0.39 is 0 Å². The highest BCUT2D eigenvalue weighted by Crippen LogP contribution is 2.11. The van der Waals surface area contributed by atoms with Crippen molar-refractivity contribution in [2.75, 3.05) is 6.61 Å². The van der Waals surface area contributed by atoms with Crippen LogP contribution < -0.4 is 0 Å². The van der Waals surface area contributed by atoms with E-state index in [0.717, 1.165) is 19.3 Å². The van der Waals surface area contributed by atoms with Gasteiger partial charge in [-0.1, -0.05) is 44.8 Å². The summed E-state index contributed by atoms with van der Waals surface area (Å²) in [5.74, 6) is -0.166. The molecular formula is C20H30O3. The third-order valence-corrected chi connectivity index (χ3v) is 3.74. The number of aromatic hydroxyl groups is 1. The molecule has 23 heavy (non-hydrogen) atoms. The molecule has 0 aliphatic carbocycles. The third-order valence-electron chi connectivity index (χ3n) is 3.74. The van der Waals surface area contributed by atoms with E-state index in [2.05, 4.69) is 19.1 Å². The molecule has 0 fully saturated rings. The lowest BCUT2D eigenvalue weighted by molar-refractivity contribution is 0.0497. The second-order valence-electron chi connectivity index (χ2n) is 5.85. The molecule has 1 aromatic carbocycles. The summed E-state index contributed by atoms with van der Waals surface area (Å²) in [6.45, 7) is 2.69. The number of ether oxygens (including phenoxy) is 1. The Bertz CT molecular complexity index is 448. The lowest BCUT2D eigenvalue weighted by Gasteiger charge is -2.04. The van der Waals surface area contributed by atoms with Gasteiger partial charge in [-0.25, -0.2) is 4.79 Å². The van der Waals surface area contributed by atoms with Gasteiger partial charge >= 0.3 is 5.97 Å². The Morgan fingerprint density at radius 1 is 0.957 bits per heavy atom. The summed E-state index contributed by atoms with van der Waals surface area (Å²) in [6.07, 6.45) is 15.2. The molecule has 0 saturated heterocycles. The van der Waals surface area contributed by atoms with E-state index in [0.29, 0.717) is 12.2 Å². The number of phenolic OH excluding ortho intramolecular Hbond substituents is 1. The van der Waals surface area contributed by atoms with Crippen LogP contribution in [0.5, 0.6) is 5.75 Å². The number of phenols is 1. The molecule has 0 unspecified atom stereocenters. The van der Waals surface area contributed by atoms with Gasteiger partial charge in [0.05, 0.1) is 12.2 Å². The summed E-state index contributed by atoms with van der Waals surface area (Å²) in [4.78, 5) is 11.7. The minimum Gasteiger partial charge on any atom is -0.508 e. The van der Waals surface area contributed by atoms with Crippen molar-refractivity contribution >= 4 is 5.97 Å². The minimum atomic E-state index is -0.319. The fraction of sp³-hybridized carbons (Fsp3) is 0.550. The largest absolute Gasteiger partial charge is 0.508 e. The Morgan fingerprint density at radius 3 is 2.22 bits per heavy atom. The number of carbonyl (C=O) groups excluding carboxylic acids is 1. The van der Waals surface area contributed by atoms with Crippen molar-refractivity contribution in [2.45, 2.75) is 64.7 Å². The number of benzene rings is 1. The summed E-state index contributed by atoms with van der Waals surface area (Å²) in [7, 11) is 0. The van der Waals surface area contributed by atoms with Crippen molar-refractivity contribution in [3.8, 4) is 5.75 Å². The summed E-state index contributed by atoms with van der Waals surface area (Å²) in [5, 5.41) is 9.17. The number of esters is 1. The lowest BCUT2D eigenvalue weighted by Crippen LogP contribution is -2.06. The fourth-order valence-electron chi connectivity index (χ4n) is 2.31. The molecule has 128 valence electrons. The van der Waals surface area contributed by atoms with Crippen LogP contribution in [0.3, 0.4) is 0 Å². The van der Waals surface area contributed by atoms with Crippen LogP contribution in [-0.4, -0.2) is 17.7 Å². The van der Waals surface area contributed by atoms with E-state index in [4.69, 9.17) is 4.74 Å². The summed E-state index contributed by atoms with van der Waals surface area (Å²) in [6, 6.07) is 6.13. The summed E-state index contributed by atoms with van der Waals surface area (Å²) in [5.41, 5.74) is 0.482. The first-order chi connectivity index (χ1) is 11.2. The molecule has 0 amide bonds. The van der Waals surface area contributed by atoms with Crippen molar-refractivity contribution in [3.05, 3.63) is 42.0 Å². The smallest absolute Gasteiger partial charge is 0.338 e. The van der Waals surface area contributed by atoms with Gasteiger partial charge < -0.3 is 9.84 Å². The number of rotatable bonds is 12. The zero-order chi connectivity index (χ0) is 16.8. The van der Waals surface area contributed by atoms with Gasteiger partial charge in [0.1, 0.15) is 5.75 Å². The molecule has 1 aromatic rings. The predicted octanol–water partition coefficient (Wildman–Crippen LogP) is 5.64. The maximum Gasteiger partial charge on any atom is 0.338 e. The van der Waals surface area contributed by atoms with E-state index in [1.165, 1.54) is 50.7 Å². The zero-order valence-corrected chi connectivity index (χ0v) is 14.3. The van der Waals surface area contributed by atoms with Gasteiger partial charge in [-0.3, -0.25) is 0 Å². The van der Waals surface area contributed by atoms with Crippen LogP contribution in [0, 0.1) is 0 Å². The first-order valence-corrected chi connectivity index (χ1v) is 8.85. The van der Waals surface area contributed by atoms with Gasteiger partial charge in [-0.05, 0) is 56.4 Å². The van der Waals surface area contributed by atoms with E-state index in [-0.39, 0.29) is 11.7 Å². The SMILES string of the molecule is CCCCC/C=C/CCCCCCOC(=O)c1ccc(O)cc1. The van der Waals surface area contributed by atoms with E-state index >= 15 is 0 Å². The first-order valence-electron chi connectivity index (χ1n) is 8.85. The topological polar surface area (TPSA) is 46.5 Å². The van der Waals surface area contributed by atoms with Crippen LogP contribution in [0.2, 0.25) is 0 Å². The molecule has 0 aliphatic rings. The monoisotopic (exact) mass is 318 g/mol. The van der Waals surface area contributed by atoms with Crippen molar-refractivity contribution < 1.29 is 14.6 Å². The van der Waals surface area contributed by atoms with Crippen molar-refractivity contribution in [3.63, 3.8) is 0 Å². The first kappa shape index (κ1) is 19.3. The molecule has 0 aromatic heterocycles. The van der Waals surface area contributed by atoms with Gasteiger partial charge in [0, 0.05) is 0 Å². The average molecular weight is 318 g/mol. The molecule has 0 spiro atoms. The third kappa shape index (κ3) is 9.77.